The monoisotopic (exact) mass is 335 g/mol. The summed E-state index contributed by atoms with van der Waals surface area (Å²) in [5.41, 5.74) is 3.26. The number of likely N-dealkylation sites (tertiary alicyclic amines) is 1. The highest BCUT2D eigenvalue weighted by Crippen LogP contribution is 2.18. The first kappa shape index (κ1) is 17.6. The number of carbonyl (C=O) groups is 3. The molecule has 3 amide bonds. The van der Waals surface area contributed by atoms with Gasteiger partial charge in [-0.05, 0) is 18.9 Å². The molecule has 1 saturated heterocycles. The topological polar surface area (TPSA) is 99.2 Å². The van der Waals surface area contributed by atoms with Crippen molar-refractivity contribution >= 4 is 18.1 Å². The van der Waals surface area contributed by atoms with E-state index >= 15 is 0 Å². The lowest BCUT2D eigenvalue weighted by Crippen LogP contribution is -2.49. The molecular weight excluding hydrogens is 314 g/mol. The summed E-state index contributed by atoms with van der Waals surface area (Å²) >= 11 is 0. The van der Waals surface area contributed by atoms with Crippen LogP contribution in [0.3, 0.4) is 0 Å². The minimum Gasteiger partial charge on any atom is -0.465 e. The molecule has 1 aromatic rings. The summed E-state index contributed by atoms with van der Waals surface area (Å²) in [6.07, 6.45) is -1.31. The van der Waals surface area contributed by atoms with E-state index in [1.807, 2.05) is 30.3 Å². The van der Waals surface area contributed by atoms with Gasteiger partial charge < -0.3 is 14.7 Å². The van der Waals surface area contributed by atoms with Gasteiger partial charge in [0.2, 0.25) is 5.91 Å². The third-order valence-electron chi connectivity index (χ3n) is 3.83. The molecule has 24 heavy (non-hydrogen) atoms. The lowest BCUT2D eigenvalue weighted by molar-refractivity contribution is -0.137. The van der Waals surface area contributed by atoms with Crippen LogP contribution in [0.1, 0.15) is 18.9 Å². The first-order valence-electron chi connectivity index (χ1n) is 7.77. The van der Waals surface area contributed by atoms with Crippen LogP contribution in [0.25, 0.3) is 0 Å². The number of nitrogens with zero attached hydrogens (tertiary/aromatic N) is 2. The molecule has 8 nitrogen and oxygen atoms in total. The fourth-order valence-electron chi connectivity index (χ4n) is 2.51. The molecule has 0 spiro atoms. The Hall–Kier alpha value is -2.77. The zero-order valence-electron chi connectivity index (χ0n) is 13.5. The van der Waals surface area contributed by atoms with Crippen LogP contribution in [0.4, 0.5) is 9.59 Å². The van der Waals surface area contributed by atoms with Crippen LogP contribution in [0.5, 0.6) is 0 Å². The minimum absolute atomic E-state index is 0.106. The third-order valence-corrected chi connectivity index (χ3v) is 3.83. The van der Waals surface area contributed by atoms with Crippen LogP contribution in [0.15, 0.2) is 30.3 Å². The van der Waals surface area contributed by atoms with Gasteiger partial charge in [-0.1, -0.05) is 30.3 Å². The van der Waals surface area contributed by atoms with Gasteiger partial charge in [0.15, 0.2) is 0 Å². The number of nitrogens with one attached hydrogen (secondary N) is 1. The van der Waals surface area contributed by atoms with E-state index < -0.39 is 18.1 Å². The van der Waals surface area contributed by atoms with Crippen molar-refractivity contribution in [2.45, 2.75) is 20.0 Å². The van der Waals surface area contributed by atoms with Gasteiger partial charge in [0, 0.05) is 19.6 Å². The highest BCUT2D eigenvalue weighted by atomic mass is 16.6. The van der Waals surface area contributed by atoms with E-state index in [4.69, 9.17) is 9.84 Å². The molecule has 1 atom stereocenters. The molecule has 0 saturated carbocycles. The number of carbonyl (C=O) groups excluding carboxylic acids is 2. The van der Waals surface area contributed by atoms with Crippen molar-refractivity contribution in [3.8, 4) is 0 Å². The summed E-state index contributed by atoms with van der Waals surface area (Å²) < 4.78 is 5.08. The number of amides is 3. The molecule has 1 aliphatic rings. The van der Waals surface area contributed by atoms with Gasteiger partial charge in [-0.15, -0.1) is 0 Å². The molecule has 1 fully saturated rings. The molecule has 1 aliphatic heterocycles. The molecule has 1 aromatic carbocycles. The molecule has 2 N–H and O–H groups in total. The maximum atomic E-state index is 12.4. The maximum absolute atomic E-state index is 12.4. The van der Waals surface area contributed by atoms with Crippen molar-refractivity contribution in [3.63, 3.8) is 0 Å². The molecule has 8 heteroatoms. The normalized spacial score (nSPS) is 16.5. The van der Waals surface area contributed by atoms with Gasteiger partial charge >= 0.3 is 12.2 Å². The summed E-state index contributed by atoms with van der Waals surface area (Å²) in [4.78, 5) is 36.4. The summed E-state index contributed by atoms with van der Waals surface area (Å²) in [6.45, 7) is 2.56. The second kappa shape index (κ2) is 8.19. The van der Waals surface area contributed by atoms with Crippen molar-refractivity contribution in [2.24, 2.45) is 5.92 Å². The quantitative estimate of drug-likeness (QED) is 0.816. The Morgan fingerprint density at radius 1 is 1.33 bits per heavy atom. The minimum atomic E-state index is -1.04. The van der Waals surface area contributed by atoms with E-state index in [9.17, 15) is 14.4 Å². The van der Waals surface area contributed by atoms with Gasteiger partial charge in [0.05, 0.1) is 5.92 Å². The second-order valence-corrected chi connectivity index (χ2v) is 5.47. The van der Waals surface area contributed by atoms with E-state index in [1.165, 1.54) is 9.91 Å². The molecule has 0 aliphatic carbocycles. The van der Waals surface area contributed by atoms with Crippen LogP contribution >= 0.6 is 0 Å². The number of hydrogen-bond acceptors (Lipinski definition) is 4. The van der Waals surface area contributed by atoms with Gasteiger partial charge in [-0.2, -0.15) is 0 Å². The standard InChI is InChI=1S/C16H21N3O5/c1-2-19(14(20)13-8-9-18(10-13)16(22)23)17-15(21)24-11-12-6-4-3-5-7-12/h3-7,13H,2,8-11H2,1H3,(H,17,21)(H,22,23). The predicted octanol–water partition coefficient (Wildman–Crippen LogP) is 1.68. The number of hydrogen-bond donors (Lipinski definition) is 2. The SMILES string of the molecule is CCN(NC(=O)OCc1ccccc1)C(=O)C1CCN(C(=O)O)C1. The Kier molecular flexibility index (Phi) is 6.00. The smallest absolute Gasteiger partial charge is 0.426 e. The van der Waals surface area contributed by atoms with E-state index in [-0.39, 0.29) is 25.6 Å². The summed E-state index contributed by atoms with van der Waals surface area (Å²) in [6, 6.07) is 9.20. The van der Waals surface area contributed by atoms with Gasteiger partial charge in [0.1, 0.15) is 6.61 Å². The van der Waals surface area contributed by atoms with Crippen LogP contribution in [-0.4, -0.2) is 52.7 Å². The van der Waals surface area contributed by atoms with Crippen LogP contribution in [0.2, 0.25) is 0 Å². The second-order valence-electron chi connectivity index (χ2n) is 5.47. The number of benzene rings is 1. The van der Waals surface area contributed by atoms with E-state index in [0.717, 1.165) is 5.56 Å². The molecule has 1 unspecified atom stereocenters. The largest absolute Gasteiger partial charge is 0.465 e. The summed E-state index contributed by atoms with van der Waals surface area (Å²) in [5, 5.41) is 10.1. The Bertz CT molecular complexity index is 593. The fraction of sp³-hybridized carbons (Fsp3) is 0.438. The zero-order chi connectivity index (χ0) is 17.5. The molecule has 130 valence electrons. The van der Waals surface area contributed by atoms with Crippen LogP contribution in [0, 0.1) is 5.92 Å². The number of hydrazine groups is 1. The fourth-order valence-corrected chi connectivity index (χ4v) is 2.51. The van der Waals surface area contributed by atoms with Crippen molar-refractivity contribution in [3.05, 3.63) is 35.9 Å². The average molecular weight is 335 g/mol. The third kappa shape index (κ3) is 4.61. The highest BCUT2D eigenvalue weighted by Gasteiger charge is 2.33. The van der Waals surface area contributed by atoms with Crippen molar-refractivity contribution < 1.29 is 24.2 Å². The number of rotatable bonds is 4. The van der Waals surface area contributed by atoms with E-state index in [2.05, 4.69) is 5.43 Å². The molecule has 0 bridgehead atoms. The van der Waals surface area contributed by atoms with Crippen molar-refractivity contribution in [1.82, 2.24) is 15.3 Å². The highest BCUT2D eigenvalue weighted by molar-refractivity contribution is 5.82. The molecule has 0 radical (unpaired) electrons. The van der Waals surface area contributed by atoms with Gasteiger partial charge in [-0.3, -0.25) is 9.80 Å². The van der Waals surface area contributed by atoms with E-state index in [0.29, 0.717) is 13.0 Å². The zero-order valence-corrected chi connectivity index (χ0v) is 13.5. The Labute approximate surface area is 140 Å². The van der Waals surface area contributed by atoms with Crippen LogP contribution in [-0.2, 0) is 16.1 Å². The van der Waals surface area contributed by atoms with Crippen LogP contribution < -0.4 is 5.43 Å². The molecule has 2 rings (SSSR count). The predicted molar refractivity (Wildman–Crippen MR) is 84.9 cm³/mol. The Morgan fingerprint density at radius 2 is 2.04 bits per heavy atom. The average Bonchev–Trinajstić information content (AvgIpc) is 3.08. The first-order valence-corrected chi connectivity index (χ1v) is 7.77. The molecule has 0 aromatic heterocycles. The summed E-state index contributed by atoms with van der Waals surface area (Å²) in [7, 11) is 0. The molecular formula is C16H21N3O5. The first-order chi connectivity index (χ1) is 11.5. The molecule has 1 heterocycles. The number of ether oxygens (including phenoxy) is 1. The number of carboxylic acid groups (broad SMARTS) is 1. The maximum Gasteiger partial charge on any atom is 0.426 e. The lowest BCUT2D eigenvalue weighted by Gasteiger charge is -2.24. The van der Waals surface area contributed by atoms with Crippen molar-refractivity contribution in [1.29, 1.82) is 0 Å². The Balaban J connectivity index is 1.83. The van der Waals surface area contributed by atoms with Gasteiger partial charge in [0.25, 0.3) is 0 Å². The van der Waals surface area contributed by atoms with Gasteiger partial charge in [-0.25, -0.2) is 15.0 Å². The Morgan fingerprint density at radius 3 is 2.62 bits per heavy atom. The summed E-state index contributed by atoms with van der Waals surface area (Å²) in [5.74, 6) is -0.756. The lowest BCUT2D eigenvalue weighted by atomic mass is 10.1. The van der Waals surface area contributed by atoms with E-state index in [1.54, 1.807) is 6.92 Å². The van der Waals surface area contributed by atoms with Crippen molar-refractivity contribution in [2.75, 3.05) is 19.6 Å².